The van der Waals surface area contributed by atoms with Crippen molar-refractivity contribution in [3.63, 3.8) is 0 Å². The zero-order chi connectivity index (χ0) is 14.4. The van der Waals surface area contributed by atoms with Gasteiger partial charge in [-0.05, 0) is 31.0 Å². The molecule has 1 radical (unpaired) electrons. The Hall–Kier alpha value is -1.24. The van der Waals surface area contributed by atoms with Crippen molar-refractivity contribution >= 4 is 0 Å². The molecule has 0 fully saturated rings. The number of hydrogen-bond donors (Lipinski definition) is 1. The van der Waals surface area contributed by atoms with Crippen molar-refractivity contribution in [1.29, 1.82) is 0 Å². The first kappa shape index (κ1) is 14.8. The van der Waals surface area contributed by atoms with Gasteiger partial charge >= 0.3 is 12.4 Å². The number of halogens is 6. The first-order valence-electron chi connectivity index (χ1n) is 4.76. The second-order valence-electron chi connectivity index (χ2n) is 3.94. The van der Waals surface area contributed by atoms with Crippen molar-refractivity contribution < 1.29 is 31.4 Å². The second-order valence-corrected chi connectivity index (χ2v) is 3.94. The summed E-state index contributed by atoms with van der Waals surface area (Å²) in [4.78, 5) is 0. The van der Waals surface area contributed by atoms with Crippen LogP contribution in [-0.4, -0.2) is 17.5 Å². The molecule has 0 unspecified atom stereocenters. The normalized spacial score (nSPS) is 13.8. The van der Waals surface area contributed by atoms with E-state index in [1.807, 2.05) is 0 Å². The summed E-state index contributed by atoms with van der Waals surface area (Å²) < 4.78 is 75.4. The van der Waals surface area contributed by atoms with Gasteiger partial charge in [0.15, 0.2) is 0 Å². The van der Waals surface area contributed by atoms with Crippen LogP contribution in [0.5, 0.6) is 0 Å². The van der Waals surface area contributed by atoms with E-state index in [-0.39, 0.29) is 11.1 Å². The van der Waals surface area contributed by atoms with E-state index < -0.39 is 23.5 Å². The molecule has 0 heterocycles. The van der Waals surface area contributed by atoms with Crippen molar-refractivity contribution in [3.8, 4) is 0 Å². The van der Waals surface area contributed by atoms with Gasteiger partial charge in [-0.25, -0.2) is 0 Å². The van der Waals surface area contributed by atoms with Gasteiger partial charge < -0.3 is 5.11 Å². The fourth-order valence-electron chi connectivity index (χ4n) is 1.59. The number of rotatable bonds is 1. The Morgan fingerprint density at radius 3 is 1.50 bits per heavy atom. The molecular weight excluding hydrogens is 262 g/mol. The molecule has 1 nitrogen and oxygen atoms in total. The van der Waals surface area contributed by atoms with Gasteiger partial charge in [-0.1, -0.05) is 12.1 Å². The summed E-state index contributed by atoms with van der Waals surface area (Å²) in [7, 11) is 0. The third-order valence-electron chi connectivity index (χ3n) is 2.38. The average Bonchev–Trinajstić information content (AvgIpc) is 2.11. The van der Waals surface area contributed by atoms with Gasteiger partial charge in [0.25, 0.3) is 5.60 Å². The Labute approximate surface area is 99.0 Å². The fraction of sp³-hybridized carbons (Fsp3) is 0.455. The highest BCUT2D eigenvalue weighted by atomic mass is 19.4. The zero-order valence-corrected chi connectivity index (χ0v) is 9.37. The van der Waals surface area contributed by atoms with Crippen LogP contribution in [0.2, 0.25) is 0 Å². The summed E-state index contributed by atoms with van der Waals surface area (Å²) in [5.74, 6) is 0. The summed E-state index contributed by atoms with van der Waals surface area (Å²) in [5, 5.41) is 9.14. The molecule has 0 aliphatic rings. The summed E-state index contributed by atoms with van der Waals surface area (Å²) in [5.41, 5.74) is -5.96. The summed E-state index contributed by atoms with van der Waals surface area (Å²) >= 11 is 0. The number of aryl methyl sites for hydroxylation is 2. The standard InChI is InChI=1S/C11H9F6O/c1-6-3-7(2)5-8(4-6)9(18,10(12,13)14)11(15,16)17/h4-5,18H,1-2H3. The first-order valence-corrected chi connectivity index (χ1v) is 4.76. The van der Waals surface area contributed by atoms with Crippen LogP contribution in [0.25, 0.3) is 0 Å². The van der Waals surface area contributed by atoms with E-state index in [4.69, 9.17) is 5.11 Å². The van der Waals surface area contributed by atoms with Crippen molar-refractivity contribution in [3.05, 3.63) is 34.9 Å². The van der Waals surface area contributed by atoms with Gasteiger partial charge in [-0.3, -0.25) is 0 Å². The third kappa shape index (κ3) is 2.31. The van der Waals surface area contributed by atoms with Gasteiger partial charge in [-0.15, -0.1) is 0 Å². The van der Waals surface area contributed by atoms with Crippen LogP contribution in [0.1, 0.15) is 16.7 Å². The minimum absolute atomic E-state index is 0.0805. The minimum atomic E-state index is -5.86. The smallest absolute Gasteiger partial charge is 0.369 e. The molecule has 1 N–H and O–H groups in total. The van der Waals surface area contributed by atoms with Crippen molar-refractivity contribution in [2.45, 2.75) is 31.8 Å². The minimum Gasteiger partial charge on any atom is -0.369 e. The molecule has 0 saturated carbocycles. The Morgan fingerprint density at radius 1 is 0.889 bits per heavy atom. The maximum Gasteiger partial charge on any atom is 0.430 e. The van der Waals surface area contributed by atoms with E-state index in [1.54, 1.807) is 0 Å². The molecule has 1 rings (SSSR count). The predicted octanol–water partition coefficient (Wildman–Crippen LogP) is 3.42. The highest BCUT2D eigenvalue weighted by Crippen LogP contribution is 2.50. The van der Waals surface area contributed by atoms with Crippen LogP contribution in [0.15, 0.2) is 12.1 Å². The van der Waals surface area contributed by atoms with Crippen LogP contribution in [0, 0.1) is 19.9 Å². The lowest BCUT2D eigenvalue weighted by Crippen LogP contribution is -2.54. The molecule has 1 aromatic carbocycles. The molecular formula is C11H9F6O. The zero-order valence-electron chi connectivity index (χ0n) is 9.37. The molecule has 1 aromatic rings. The van der Waals surface area contributed by atoms with Crippen LogP contribution >= 0.6 is 0 Å². The lowest BCUT2D eigenvalue weighted by molar-refractivity contribution is -0.376. The number of alkyl halides is 6. The maximum absolute atomic E-state index is 12.6. The first-order chi connectivity index (χ1) is 7.89. The molecule has 0 amide bonds. The number of hydrogen-bond acceptors (Lipinski definition) is 1. The van der Waals surface area contributed by atoms with E-state index in [9.17, 15) is 26.3 Å². The topological polar surface area (TPSA) is 20.2 Å². The quantitative estimate of drug-likeness (QED) is 0.776. The monoisotopic (exact) mass is 271 g/mol. The molecule has 0 spiro atoms. The van der Waals surface area contributed by atoms with Gasteiger partial charge in [0.05, 0.1) is 0 Å². The van der Waals surface area contributed by atoms with Gasteiger partial charge in [0, 0.05) is 5.56 Å². The maximum atomic E-state index is 12.6. The number of aliphatic hydroxyl groups is 1. The second kappa shape index (κ2) is 4.15. The third-order valence-corrected chi connectivity index (χ3v) is 2.38. The largest absolute Gasteiger partial charge is 0.430 e. The van der Waals surface area contributed by atoms with Crippen molar-refractivity contribution in [2.24, 2.45) is 0 Å². The predicted molar refractivity (Wildman–Crippen MR) is 50.8 cm³/mol. The van der Waals surface area contributed by atoms with Gasteiger partial charge in [0.1, 0.15) is 0 Å². The van der Waals surface area contributed by atoms with Crippen LogP contribution in [0.3, 0.4) is 0 Å². The highest BCUT2D eigenvalue weighted by Gasteiger charge is 2.71. The highest BCUT2D eigenvalue weighted by molar-refractivity contribution is 5.34. The fourth-order valence-corrected chi connectivity index (χ4v) is 1.59. The molecule has 7 heteroatoms. The van der Waals surface area contributed by atoms with Crippen molar-refractivity contribution in [1.82, 2.24) is 0 Å². The molecule has 0 aromatic heterocycles. The molecule has 0 aliphatic heterocycles. The van der Waals surface area contributed by atoms with Crippen LogP contribution < -0.4 is 0 Å². The van der Waals surface area contributed by atoms with E-state index >= 15 is 0 Å². The summed E-state index contributed by atoms with van der Waals surface area (Å²) in [6, 6.07) is 3.78. The van der Waals surface area contributed by atoms with Crippen LogP contribution in [0.4, 0.5) is 26.3 Å². The van der Waals surface area contributed by atoms with E-state index in [0.29, 0.717) is 12.1 Å². The number of benzene rings is 1. The molecule has 0 saturated heterocycles. The Balaban J connectivity index is 3.55. The van der Waals surface area contributed by atoms with Crippen molar-refractivity contribution in [2.75, 3.05) is 0 Å². The summed E-state index contributed by atoms with van der Waals surface area (Å²) in [6.07, 6.45) is -11.7. The molecule has 101 valence electrons. The SMILES string of the molecule is Cc1[c]c(C)cc(C(O)(C(F)(F)F)C(F)(F)F)c1. The Bertz CT molecular complexity index is 412. The average molecular weight is 271 g/mol. The lowest BCUT2D eigenvalue weighted by Gasteiger charge is -2.33. The van der Waals surface area contributed by atoms with E-state index in [1.165, 1.54) is 13.8 Å². The van der Waals surface area contributed by atoms with E-state index in [2.05, 4.69) is 6.07 Å². The Morgan fingerprint density at radius 2 is 1.22 bits per heavy atom. The van der Waals surface area contributed by atoms with E-state index in [0.717, 1.165) is 0 Å². The molecule has 0 aliphatic carbocycles. The summed E-state index contributed by atoms with van der Waals surface area (Å²) in [6.45, 7) is 2.59. The molecule has 0 atom stereocenters. The van der Waals surface area contributed by atoms with Crippen LogP contribution in [-0.2, 0) is 5.60 Å². The lowest BCUT2D eigenvalue weighted by atomic mass is 9.90. The molecule has 0 bridgehead atoms. The van der Waals surface area contributed by atoms with Gasteiger partial charge in [0.2, 0.25) is 0 Å². The molecule has 18 heavy (non-hydrogen) atoms. The van der Waals surface area contributed by atoms with Gasteiger partial charge in [-0.2, -0.15) is 26.3 Å². The Kier molecular flexibility index (Phi) is 3.42.